The number of benzene rings is 1. The Morgan fingerprint density at radius 3 is 2.83 bits per heavy atom. The lowest BCUT2D eigenvalue weighted by Gasteiger charge is -2.25. The van der Waals surface area contributed by atoms with E-state index in [1.165, 1.54) is 0 Å². The number of amides is 2. The first kappa shape index (κ1) is 14.9. The molecular formula is C18H20N4O2. The molecule has 1 aromatic carbocycles. The second-order valence-corrected chi connectivity index (χ2v) is 6.42. The highest BCUT2D eigenvalue weighted by Gasteiger charge is 2.31. The van der Waals surface area contributed by atoms with Gasteiger partial charge in [-0.25, -0.2) is 4.98 Å². The number of carbonyl (C=O) groups excluding carboxylic acids is 2. The van der Waals surface area contributed by atoms with Crippen LogP contribution in [0.4, 0.5) is 0 Å². The molecule has 0 bridgehead atoms. The average Bonchev–Trinajstić information content (AvgIpc) is 3.21. The van der Waals surface area contributed by atoms with E-state index in [1.54, 1.807) is 0 Å². The number of imidazole rings is 1. The van der Waals surface area contributed by atoms with Crippen molar-refractivity contribution < 1.29 is 9.59 Å². The Balaban J connectivity index is 1.48. The summed E-state index contributed by atoms with van der Waals surface area (Å²) >= 11 is 0. The van der Waals surface area contributed by atoms with Crippen LogP contribution in [0.15, 0.2) is 36.5 Å². The molecule has 2 atom stereocenters. The summed E-state index contributed by atoms with van der Waals surface area (Å²) in [6.45, 7) is 1.41. The molecule has 24 heavy (non-hydrogen) atoms. The quantitative estimate of drug-likeness (QED) is 0.888. The summed E-state index contributed by atoms with van der Waals surface area (Å²) in [6.07, 6.45) is 3.97. The Morgan fingerprint density at radius 1 is 1.25 bits per heavy atom. The second-order valence-electron chi connectivity index (χ2n) is 6.42. The maximum absolute atomic E-state index is 12.5. The van der Waals surface area contributed by atoms with Crippen molar-refractivity contribution in [2.75, 3.05) is 6.54 Å². The van der Waals surface area contributed by atoms with Crippen molar-refractivity contribution in [2.45, 2.75) is 31.8 Å². The summed E-state index contributed by atoms with van der Waals surface area (Å²) in [5, 5.41) is 5.63. The Labute approximate surface area is 140 Å². The zero-order valence-corrected chi connectivity index (χ0v) is 13.4. The zero-order chi connectivity index (χ0) is 16.5. The molecule has 2 N–H and O–H groups in total. The molecule has 1 fully saturated rings. The van der Waals surface area contributed by atoms with E-state index >= 15 is 0 Å². The minimum Gasteiger partial charge on any atom is -0.354 e. The van der Waals surface area contributed by atoms with Gasteiger partial charge in [-0.1, -0.05) is 30.3 Å². The monoisotopic (exact) mass is 324 g/mol. The molecule has 2 amide bonds. The first-order valence-corrected chi connectivity index (χ1v) is 8.40. The van der Waals surface area contributed by atoms with Crippen molar-refractivity contribution in [3.8, 4) is 11.4 Å². The number of aromatic nitrogens is 2. The molecule has 4 rings (SSSR count). The Morgan fingerprint density at radius 2 is 2.08 bits per heavy atom. The maximum atomic E-state index is 12.5. The van der Waals surface area contributed by atoms with Gasteiger partial charge in [-0.2, -0.15) is 0 Å². The Bertz CT molecular complexity index is 769. The highest BCUT2D eigenvalue weighted by atomic mass is 16.2. The standard InChI is InChI=1S/C18H20N4O2/c23-17(21-15-6-8-19-18(15)24)13-7-9-22-14(10-13)11-20-16(22)12-4-2-1-3-5-12/h1-5,11,13,15H,6-10H2,(H,19,24)(H,21,23)/t13?,15-/m0/s1. The summed E-state index contributed by atoms with van der Waals surface area (Å²) in [4.78, 5) is 28.6. The zero-order valence-electron chi connectivity index (χ0n) is 13.4. The summed E-state index contributed by atoms with van der Waals surface area (Å²) in [5.41, 5.74) is 2.17. The molecule has 0 saturated carbocycles. The lowest BCUT2D eigenvalue weighted by molar-refractivity contribution is -0.130. The van der Waals surface area contributed by atoms with E-state index < -0.39 is 0 Å². The molecule has 3 heterocycles. The number of hydrogen-bond donors (Lipinski definition) is 2. The van der Waals surface area contributed by atoms with E-state index in [0.29, 0.717) is 19.4 Å². The fourth-order valence-electron chi connectivity index (χ4n) is 3.53. The topological polar surface area (TPSA) is 76.0 Å². The minimum atomic E-state index is -0.371. The van der Waals surface area contributed by atoms with Crippen molar-refractivity contribution in [2.24, 2.45) is 5.92 Å². The van der Waals surface area contributed by atoms with E-state index in [1.807, 2.05) is 36.5 Å². The van der Waals surface area contributed by atoms with Gasteiger partial charge in [0.15, 0.2) is 0 Å². The van der Waals surface area contributed by atoms with Gasteiger partial charge in [-0.15, -0.1) is 0 Å². The van der Waals surface area contributed by atoms with E-state index in [9.17, 15) is 9.59 Å². The Kier molecular flexibility index (Phi) is 3.80. The van der Waals surface area contributed by atoms with Gasteiger partial charge >= 0.3 is 0 Å². The third-order valence-corrected chi connectivity index (χ3v) is 4.86. The van der Waals surface area contributed by atoms with E-state index in [0.717, 1.165) is 30.0 Å². The van der Waals surface area contributed by atoms with Crippen LogP contribution < -0.4 is 10.6 Å². The number of nitrogens with one attached hydrogen (secondary N) is 2. The maximum Gasteiger partial charge on any atom is 0.242 e. The van der Waals surface area contributed by atoms with Crippen LogP contribution in [-0.4, -0.2) is 34.0 Å². The first-order valence-electron chi connectivity index (χ1n) is 8.40. The molecule has 2 aliphatic rings. The van der Waals surface area contributed by atoms with Gasteiger partial charge in [-0.05, 0) is 12.8 Å². The number of hydrogen-bond acceptors (Lipinski definition) is 3. The third-order valence-electron chi connectivity index (χ3n) is 4.86. The molecule has 1 aromatic heterocycles. The van der Waals surface area contributed by atoms with Crippen LogP contribution in [0.3, 0.4) is 0 Å². The number of rotatable bonds is 3. The summed E-state index contributed by atoms with van der Waals surface area (Å²) in [5.74, 6) is 0.771. The molecule has 6 heteroatoms. The van der Waals surface area contributed by atoms with Gasteiger partial charge in [0.05, 0.1) is 0 Å². The summed E-state index contributed by atoms with van der Waals surface area (Å²) in [6, 6.07) is 9.72. The van der Waals surface area contributed by atoms with Crippen LogP contribution >= 0.6 is 0 Å². The van der Waals surface area contributed by atoms with Crippen molar-refractivity contribution in [3.05, 3.63) is 42.2 Å². The largest absolute Gasteiger partial charge is 0.354 e. The molecule has 2 aliphatic heterocycles. The molecule has 0 spiro atoms. The van der Waals surface area contributed by atoms with Crippen molar-refractivity contribution in [1.29, 1.82) is 0 Å². The van der Waals surface area contributed by atoms with E-state index in [4.69, 9.17) is 0 Å². The molecule has 0 aliphatic carbocycles. The first-order chi connectivity index (χ1) is 11.7. The molecule has 6 nitrogen and oxygen atoms in total. The van der Waals surface area contributed by atoms with Gasteiger partial charge in [0, 0.05) is 42.9 Å². The lowest BCUT2D eigenvalue weighted by atomic mass is 9.94. The van der Waals surface area contributed by atoms with Crippen LogP contribution in [-0.2, 0) is 22.6 Å². The fourth-order valence-corrected chi connectivity index (χ4v) is 3.53. The second kappa shape index (κ2) is 6.11. The van der Waals surface area contributed by atoms with Gasteiger partial charge < -0.3 is 15.2 Å². The number of carbonyl (C=O) groups is 2. The van der Waals surface area contributed by atoms with Crippen molar-refractivity contribution in [1.82, 2.24) is 20.2 Å². The third kappa shape index (κ3) is 2.68. The summed E-state index contributed by atoms with van der Waals surface area (Å²) < 4.78 is 2.20. The highest BCUT2D eigenvalue weighted by molar-refractivity contribution is 5.89. The molecular weight excluding hydrogens is 304 g/mol. The molecule has 1 unspecified atom stereocenters. The van der Waals surface area contributed by atoms with Gasteiger partial charge in [0.25, 0.3) is 0 Å². The van der Waals surface area contributed by atoms with Crippen LogP contribution in [0.1, 0.15) is 18.5 Å². The van der Waals surface area contributed by atoms with Crippen molar-refractivity contribution >= 4 is 11.8 Å². The smallest absolute Gasteiger partial charge is 0.242 e. The predicted octanol–water partition coefficient (Wildman–Crippen LogP) is 1.12. The minimum absolute atomic E-state index is 0.0224. The molecule has 2 aromatic rings. The molecule has 124 valence electrons. The predicted molar refractivity (Wildman–Crippen MR) is 89.0 cm³/mol. The SMILES string of the molecule is O=C(N[C@H]1CCNC1=O)C1CCn2c(cnc2-c2ccccc2)C1. The average molecular weight is 324 g/mol. The Hall–Kier alpha value is -2.63. The van der Waals surface area contributed by atoms with Crippen molar-refractivity contribution in [3.63, 3.8) is 0 Å². The van der Waals surface area contributed by atoms with Gasteiger partial charge in [0.1, 0.15) is 11.9 Å². The van der Waals surface area contributed by atoms with E-state index in [2.05, 4.69) is 20.2 Å². The van der Waals surface area contributed by atoms with Gasteiger partial charge in [-0.3, -0.25) is 9.59 Å². The van der Waals surface area contributed by atoms with Crippen LogP contribution in [0, 0.1) is 5.92 Å². The fraction of sp³-hybridized carbons (Fsp3) is 0.389. The summed E-state index contributed by atoms with van der Waals surface area (Å²) in [7, 11) is 0. The lowest BCUT2D eigenvalue weighted by Crippen LogP contribution is -2.44. The number of nitrogens with zero attached hydrogens (tertiary/aromatic N) is 2. The normalized spacial score (nSPS) is 22.8. The number of fused-ring (bicyclic) bond motifs is 1. The van der Waals surface area contributed by atoms with Crippen LogP contribution in [0.2, 0.25) is 0 Å². The van der Waals surface area contributed by atoms with Crippen LogP contribution in [0.5, 0.6) is 0 Å². The molecule has 0 radical (unpaired) electrons. The van der Waals surface area contributed by atoms with E-state index in [-0.39, 0.29) is 23.8 Å². The van der Waals surface area contributed by atoms with Crippen LogP contribution in [0.25, 0.3) is 11.4 Å². The molecule has 1 saturated heterocycles. The van der Waals surface area contributed by atoms with Gasteiger partial charge in [0.2, 0.25) is 11.8 Å². The highest BCUT2D eigenvalue weighted by Crippen LogP contribution is 2.27.